The van der Waals surface area contributed by atoms with Gasteiger partial charge in [-0.25, -0.2) is 0 Å². The predicted molar refractivity (Wildman–Crippen MR) is 43.2 cm³/mol. The summed E-state index contributed by atoms with van der Waals surface area (Å²) in [6.07, 6.45) is 6.60. The zero-order valence-electron chi connectivity index (χ0n) is 7.04. The van der Waals surface area contributed by atoms with Crippen molar-refractivity contribution in [3.05, 3.63) is 0 Å². The number of ether oxygens (including phenoxy) is 1. The Balaban J connectivity index is 2.65. The molecule has 0 bridgehead atoms. The van der Waals surface area contributed by atoms with Crippen molar-refractivity contribution in [2.45, 2.75) is 37.9 Å². The molecule has 0 unspecified atom stereocenters. The van der Waals surface area contributed by atoms with E-state index in [0.717, 1.165) is 6.42 Å². The summed E-state index contributed by atoms with van der Waals surface area (Å²) in [7, 11) is 0. The molecule has 3 nitrogen and oxygen atoms in total. The van der Waals surface area contributed by atoms with Crippen molar-refractivity contribution in [1.82, 2.24) is 0 Å². The Morgan fingerprint density at radius 3 is 3.00 bits per heavy atom. The maximum absolute atomic E-state index is 10.6. The van der Waals surface area contributed by atoms with Crippen LogP contribution in [0.5, 0.6) is 0 Å². The van der Waals surface area contributed by atoms with E-state index in [1.165, 1.54) is 6.92 Å². The third-order valence-corrected chi connectivity index (χ3v) is 2.12. The van der Waals surface area contributed by atoms with E-state index in [2.05, 4.69) is 5.92 Å². The molecule has 0 spiro atoms. The average molecular weight is 168 g/mol. The molecule has 0 aromatic carbocycles. The average Bonchev–Trinajstić information content (AvgIpc) is 2.33. The Hall–Kier alpha value is -1.01. The number of aliphatic hydroxyl groups is 1. The third-order valence-electron chi connectivity index (χ3n) is 2.12. The molecule has 1 rings (SSSR count). The van der Waals surface area contributed by atoms with Crippen molar-refractivity contribution >= 4 is 5.97 Å². The van der Waals surface area contributed by atoms with Crippen molar-refractivity contribution in [3.8, 4) is 12.3 Å². The van der Waals surface area contributed by atoms with E-state index < -0.39 is 17.7 Å². The summed E-state index contributed by atoms with van der Waals surface area (Å²) in [5, 5.41) is 9.70. The van der Waals surface area contributed by atoms with E-state index in [0.29, 0.717) is 12.8 Å². The number of terminal acetylenes is 1. The van der Waals surface area contributed by atoms with Crippen LogP contribution in [0.4, 0.5) is 0 Å². The van der Waals surface area contributed by atoms with Gasteiger partial charge in [-0.05, 0) is 19.3 Å². The van der Waals surface area contributed by atoms with Crippen LogP contribution >= 0.6 is 0 Å². The fourth-order valence-electron chi connectivity index (χ4n) is 1.48. The Morgan fingerprint density at radius 1 is 1.83 bits per heavy atom. The second kappa shape index (κ2) is 3.16. The van der Waals surface area contributed by atoms with E-state index in [-0.39, 0.29) is 0 Å². The first-order chi connectivity index (χ1) is 5.58. The lowest BCUT2D eigenvalue weighted by atomic mass is 10.0. The highest BCUT2D eigenvalue weighted by Crippen LogP contribution is 2.31. The SMILES string of the molecule is C#C[C@@]1(O)CCC[C@H]1OC(C)=O. The Kier molecular flexibility index (Phi) is 2.39. The summed E-state index contributed by atoms with van der Waals surface area (Å²) in [5.41, 5.74) is -1.23. The van der Waals surface area contributed by atoms with Crippen LogP contribution in [0.3, 0.4) is 0 Å². The summed E-state index contributed by atoms with van der Waals surface area (Å²) >= 11 is 0. The molecule has 0 aromatic heterocycles. The highest BCUT2D eigenvalue weighted by molar-refractivity contribution is 5.66. The summed E-state index contributed by atoms with van der Waals surface area (Å²) in [6, 6.07) is 0. The van der Waals surface area contributed by atoms with E-state index in [4.69, 9.17) is 11.2 Å². The molecule has 1 N–H and O–H groups in total. The molecular formula is C9H12O3. The van der Waals surface area contributed by atoms with E-state index in [1.54, 1.807) is 0 Å². The van der Waals surface area contributed by atoms with Crippen molar-refractivity contribution in [1.29, 1.82) is 0 Å². The van der Waals surface area contributed by atoms with Gasteiger partial charge in [0, 0.05) is 6.92 Å². The number of hydrogen-bond donors (Lipinski definition) is 1. The molecule has 1 aliphatic carbocycles. The third kappa shape index (κ3) is 1.59. The Bertz CT molecular complexity index is 228. The van der Waals surface area contributed by atoms with Crippen molar-refractivity contribution in [2.75, 3.05) is 0 Å². The lowest BCUT2D eigenvalue weighted by Crippen LogP contribution is -2.38. The monoisotopic (exact) mass is 168 g/mol. The highest BCUT2D eigenvalue weighted by Gasteiger charge is 2.41. The fourth-order valence-corrected chi connectivity index (χ4v) is 1.48. The first kappa shape index (κ1) is 9.08. The predicted octanol–water partition coefficient (Wildman–Crippen LogP) is 0.466. The standard InChI is InChI=1S/C9H12O3/c1-3-9(11)6-4-5-8(9)12-7(2)10/h1,8,11H,4-6H2,2H3/t8-,9-/m1/s1. The Morgan fingerprint density at radius 2 is 2.50 bits per heavy atom. The molecule has 0 aromatic rings. The minimum atomic E-state index is -1.23. The minimum absolute atomic E-state index is 0.393. The fraction of sp³-hybridized carbons (Fsp3) is 0.667. The van der Waals surface area contributed by atoms with Crippen molar-refractivity contribution in [2.24, 2.45) is 0 Å². The van der Waals surface area contributed by atoms with Crippen LogP contribution in [0.25, 0.3) is 0 Å². The normalized spacial score (nSPS) is 34.2. The van der Waals surface area contributed by atoms with Crippen LogP contribution in [-0.2, 0) is 9.53 Å². The van der Waals surface area contributed by atoms with Crippen LogP contribution in [0.2, 0.25) is 0 Å². The van der Waals surface area contributed by atoms with Crippen molar-refractivity contribution in [3.63, 3.8) is 0 Å². The molecule has 0 aliphatic heterocycles. The first-order valence-corrected chi connectivity index (χ1v) is 3.96. The molecular weight excluding hydrogens is 156 g/mol. The molecule has 0 heterocycles. The molecule has 0 saturated heterocycles. The van der Waals surface area contributed by atoms with Crippen LogP contribution < -0.4 is 0 Å². The summed E-state index contributed by atoms with van der Waals surface area (Å²) in [4.78, 5) is 10.6. The first-order valence-electron chi connectivity index (χ1n) is 3.96. The van der Waals surface area contributed by atoms with Gasteiger partial charge in [0.1, 0.15) is 6.10 Å². The molecule has 1 fully saturated rings. The van der Waals surface area contributed by atoms with Gasteiger partial charge in [-0.1, -0.05) is 5.92 Å². The van der Waals surface area contributed by atoms with Gasteiger partial charge >= 0.3 is 5.97 Å². The van der Waals surface area contributed by atoms with Gasteiger partial charge in [-0.2, -0.15) is 0 Å². The largest absolute Gasteiger partial charge is 0.458 e. The maximum Gasteiger partial charge on any atom is 0.303 e. The smallest absolute Gasteiger partial charge is 0.303 e. The molecule has 1 saturated carbocycles. The zero-order chi connectivity index (χ0) is 9.19. The second-order valence-electron chi connectivity index (χ2n) is 3.06. The van der Waals surface area contributed by atoms with E-state index in [9.17, 15) is 9.90 Å². The Labute approximate surface area is 71.7 Å². The van der Waals surface area contributed by atoms with Gasteiger partial charge in [0.15, 0.2) is 5.60 Å². The van der Waals surface area contributed by atoms with Gasteiger partial charge in [0.05, 0.1) is 0 Å². The van der Waals surface area contributed by atoms with Gasteiger partial charge < -0.3 is 9.84 Å². The van der Waals surface area contributed by atoms with Gasteiger partial charge in [-0.15, -0.1) is 6.42 Å². The molecule has 3 heteroatoms. The zero-order valence-corrected chi connectivity index (χ0v) is 7.04. The van der Waals surface area contributed by atoms with Crippen LogP contribution in [0.1, 0.15) is 26.2 Å². The molecule has 66 valence electrons. The van der Waals surface area contributed by atoms with Gasteiger partial charge in [0.25, 0.3) is 0 Å². The lowest BCUT2D eigenvalue weighted by molar-refractivity contribution is -0.154. The number of rotatable bonds is 1. The molecule has 12 heavy (non-hydrogen) atoms. The van der Waals surface area contributed by atoms with Gasteiger partial charge in [0.2, 0.25) is 0 Å². The number of carbonyl (C=O) groups is 1. The summed E-state index contributed by atoms with van der Waals surface area (Å²) in [5.74, 6) is 1.88. The molecule has 0 radical (unpaired) electrons. The molecule has 0 amide bonds. The molecule has 1 aliphatic rings. The minimum Gasteiger partial charge on any atom is -0.458 e. The molecule has 2 atom stereocenters. The van der Waals surface area contributed by atoms with E-state index >= 15 is 0 Å². The summed E-state index contributed by atoms with van der Waals surface area (Å²) in [6.45, 7) is 1.31. The highest BCUT2D eigenvalue weighted by atomic mass is 16.6. The quantitative estimate of drug-likeness (QED) is 0.457. The summed E-state index contributed by atoms with van der Waals surface area (Å²) < 4.78 is 4.89. The van der Waals surface area contributed by atoms with Crippen LogP contribution in [0, 0.1) is 12.3 Å². The van der Waals surface area contributed by atoms with Crippen LogP contribution in [0.15, 0.2) is 0 Å². The van der Waals surface area contributed by atoms with Crippen LogP contribution in [-0.4, -0.2) is 22.8 Å². The second-order valence-corrected chi connectivity index (χ2v) is 3.06. The lowest BCUT2D eigenvalue weighted by Gasteiger charge is -2.23. The van der Waals surface area contributed by atoms with Gasteiger partial charge in [-0.3, -0.25) is 4.79 Å². The number of hydrogen-bond acceptors (Lipinski definition) is 3. The number of esters is 1. The maximum atomic E-state index is 10.6. The topological polar surface area (TPSA) is 46.5 Å². The number of carbonyl (C=O) groups excluding carboxylic acids is 1. The van der Waals surface area contributed by atoms with E-state index in [1.807, 2.05) is 0 Å². The van der Waals surface area contributed by atoms with Crippen molar-refractivity contribution < 1.29 is 14.6 Å².